The molecule has 1 atom stereocenters. The molecule has 1 N–H and O–H groups in total. The second-order valence-corrected chi connectivity index (χ2v) is 5.66. The van der Waals surface area contributed by atoms with Gasteiger partial charge in [-0.15, -0.1) is 0 Å². The molecule has 2 heterocycles. The zero-order valence-electron chi connectivity index (χ0n) is 12.0. The van der Waals surface area contributed by atoms with E-state index in [1.54, 1.807) is 0 Å². The van der Waals surface area contributed by atoms with E-state index in [2.05, 4.69) is 16.5 Å². The van der Waals surface area contributed by atoms with Gasteiger partial charge in [-0.3, -0.25) is 4.79 Å². The van der Waals surface area contributed by atoms with Gasteiger partial charge in [0.15, 0.2) is 5.69 Å². The van der Waals surface area contributed by atoms with Crippen molar-refractivity contribution in [2.45, 2.75) is 31.8 Å². The molecule has 0 radical (unpaired) electrons. The summed E-state index contributed by atoms with van der Waals surface area (Å²) in [5.74, 6) is -1.09. The van der Waals surface area contributed by atoms with Crippen molar-refractivity contribution in [3.05, 3.63) is 46.9 Å². The molecule has 1 aliphatic carbocycles. The molecule has 2 aliphatic rings. The van der Waals surface area contributed by atoms with Gasteiger partial charge in [-0.1, -0.05) is 24.3 Å². The Kier molecular flexibility index (Phi) is 3.10. The number of carbonyl (C=O) groups excluding carboxylic acids is 1. The highest BCUT2D eigenvalue weighted by molar-refractivity contribution is 5.93. The predicted octanol–water partition coefficient (Wildman–Crippen LogP) is 2.22. The van der Waals surface area contributed by atoms with Crippen LogP contribution in [-0.2, 0) is 13.0 Å². The van der Waals surface area contributed by atoms with Crippen molar-refractivity contribution in [3.8, 4) is 5.88 Å². The normalized spacial score (nSPS) is 19.2. The van der Waals surface area contributed by atoms with Crippen LogP contribution in [-0.4, -0.2) is 22.3 Å². The lowest BCUT2D eigenvalue weighted by Gasteiger charge is -2.26. The summed E-state index contributed by atoms with van der Waals surface area (Å²) < 4.78 is 20.7. The molecule has 0 spiro atoms. The van der Waals surface area contributed by atoms with Gasteiger partial charge in [-0.25, -0.2) is 4.68 Å². The number of fused-ring (bicyclic) bond motifs is 2. The van der Waals surface area contributed by atoms with Gasteiger partial charge in [0.05, 0.1) is 12.6 Å². The molecule has 1 aromatic carbocycles. The molecular weight excluding hydrogens is 285 g/mol. The maximum Gasteiger partial charge on any atom is 0.275 e. The average Bonchev–Trinajstić information content (AvgIpc) is 3.11. The van der Waals surface area contributed by atoms with E-state index in [-0.39, 0.29) is 17.6 Å². The van der Waals surface area contributed by atoms with Crippen LogP contribution in [0.3, 0.4) is 0 Å². The Labute approximate surface area is 127 Å². The Morgan fingerprint density at radius 3 is 3.14 bits per heavy atom. The standard InChI is InChI=1S/C16H16FN3O2/c17-13-14(19-20-8-9-22-16(13)20)15(21)18-12-7-3-5-10-4-1-2-6-11(10)12/h1-2,4,6,12H,3,5,7-9H2,(H,18,21). The van der Waals surface area contributed by atoms with Gasteiger partial charge in [0.2, 0.25) is 11.7 Å². The van der Waals surface area contributed by atoms with Crippen molar-refractivity contribution in [1.29, 1.82) is 0 Å². The molecule has 4 rings (SSSR count). The third-order valence-corrected chi connectivity index (χ3v) is 4.28. The lowest BCUT2D eigenvalue weighted by atomic mass is 9.87. The molecule has 2 aromatic rings. The van der Waals surface area contributed by atoms with Crippen molar-refractivity contribution in [2.75, 3.05) is 6.61 Å². The smallest absolute Gasteiger partial charge is 0.275 e. The highest BCUT2D eigenvalue weighted by Gasteiger charge is 2.30. The molecule has 0 fully saturated rings. The Morgan fingerprint density at radius 2 is 2.27 bits per heavy atom. The first-order valence-electron chi connectivity index (χ1n) is 7.52. The van der Waals surface area contributed by atoms with E-state index in [1.165, 1.54) is 10.2 Å². The van der Waals surface area contributed by atoms with E-state index in [4.69, 9.17) is 4.74 Å². The quantitative estimate of drug-likeness (QED) is 0.925. The molecule has 0 bridgehead atoms. The lowest BCUT2D eigenvalue weighted by Crippen LogP contribution is -2.31. The molecular formula is C16H16FN3O2. The van der Waals surface area contributed by atoms with Gasteiger partial charge in [0.25, 0.3) is 5.91 Å². The first kappa shape index (κ1) is 13.3. The largest absolute Gasteiger partial charge is 0.474 e. The van der Waals surface area contributed by atoms with Crippen LogP contribution in [0.1, 0.15) is 40.5 Å². The topological polar surface area (TPSA) is 56.2 Å². The van der Waals surface area contributed by atoms with Gasteiger partial charge >= 0.3 is 0 Å². The van der Waals surface area contributed by atoms with Crippen LogP contribution >= 0.6 is 0 Å². The number of carbonyl (C=O) groups is 1. The van der Waals surface area contributed by atoms with Crippen molar-refractivity contribution >= 4 is 5.91 Å². The molecule has 5 nitrogen and oxygen atoms in total. The van der Waals surface area contributed by atoms with E-state index in [1.807, 2.05) is 18.2 Å². The minimum atomic E-state index is -0.668. The van der Waals surface area contributed by atoms with E-state index >= 15 is 0 Å². The number of hydrogen-bond donors (Lipinski definition) is 1. The highest BCUT2D eigenvalue weighted by Crippen LogP contribution is 2.30. The number of halogens is 1. The summed E-state index contributed by atoms with van der Waals surface area (Å²) in [5.41, 5.74) is 2.18. The maximum absolute atomic E-state index is 14.2. The summed E-state index contributed by atoms with van der Waals surface area (Å²) in [6.45, 7) is 0.878. The van der Waals surface area contributed by atoms with Crippen molar-refractivity contribution < 1.29 is 13.9 Å². The van der Waals surface area contributed by atoms with E-state index in [0.717, 1.165) is 24.8 Å². The van der Waals surface area contributed by atoms with Crippen molar-refractivity contribution in [2.24, 2.45) is 0 Å². The third kappa shape index (κ3) is 2.06. The highest BCUT2D eigenvalue weighted by atomic mass is 19.1. The Bertz CT molecular complexity index is 741. The summed E-state index contributed by atoms with van der Waals surface area (Å²) in [6, 6.07) is 7.97. The van der Waals surface area contributed by atoms with E-state index in [9.17, 15) is 9.18 Å². The number of amides is 1. The molecule has 1 amide bonds. The molecule has 22 heavy (non-hydrogen) atoms. The van der Waals surface area contributed by atoms with Gasteiger partial charge in [-0.05, 0) is 30.4 Å². The number of ether oxygens (including phenoxy) is 1. The van der Waals surface area contributed by atoms with E-state index in [0.29, 0.717) is 13.2 Å². The summed E-state index contributed by atoms with van der Waals surface area (Å²) >= 11 is 0. The van der Waals surface area contributed by atoms with Crippen LogP contribution in [0, 0.1) is 5.82 Å². The average molecular weight is 301 g/mol. The first-order chi connectivity index (χ1) is 10.7. The van der Waals surface area contributed by atoms with Crippen LogP contribution in [0.2, 0.25) is 0 Å². The SMILES string of the molecule is O=C(NC1CCCc2ccccc21)c1nn2c(c1F)OCC2. The molecule has 0 saturated heterocycles. The van der Waals surface area contributed by atoms with Crippen LogP contribution in [0.5, 0.6) is 5.88 Å². The fourth-order valence-corrected chi connectivity index (χ4v) is 3.22. The third-order valence-electron chi connectivity index (χ3n) is 4.28. The fourth-order valence-electron chi connectivity index (χ4n) is 3.22. The van der Waals surface area contributed by atoms with E-state index < -0.39 is 11.7 Å². The van der Waals surface area contributed by atoms with Gasteiger partial charge < -0.3 is 10.1 Å². The lowest BCUT2D eigenvalue weighted by molar-refractivity contribution is 0.0922. The van der Waals surface area contributed by atoms with Crippen molar-refractivity contribution in [3.63, 3.8) is 0 Å². The van der Waals surface area contributed by atoms with Gasteiger partial charge in [0.1, 0.15) is 6.61 Å². The Morgan fingerprint density at radius 1 is 1.41 bits per heavy atom. The molecule has 6 heteroatoms. The summed E-state index contributed by atoms with van der Waals surface area (Å²) in [6.07, 6.45) is 2.88. The van der Waals surface area contributed by atoms with Gasteiger partial charge in [-0.2, -0.15) is 9.49 Å². The number of hydrogen-bond acceptors (Lipinski definition) is 3. The Balaban J connectivity index is 1.58. The minimum absolute atomic E-state index is 0.0641. The molecule has 1 aromatic heterocycles. The molecule has 1 unspecified atom stereocenters. The fraction of sp³-hybridized carbons (Fsp3) is 0.375. The Hall–Kier alpha value is -2.37. The number of aryl methyl sites for hydroxylation is 1. The minimum Gasteiger partial charge on any atom is -0.474 e. The predicted molar refractivity (Wildman–Crippen MR) is 77.3 cm³/mol. The number of nitrogens with one attached hydrogen (secondary N) is 1. The van der Waals surface area contributed by atoms with Crippen LogP contribution in [0.4, 0.5) is 4.39 Å². The zero-order chi connectivity index (χ0) is 15.1. The summed E-state index contributed by atoms with van der Waals surface area (Å²) in [5, 5.41) is 6.93. The monoisotopic (exact) mass is 301 g/mol. The number of aromatic nitrogens is 2. The van der Waals surface area contributed by atoms with Crippen LogP contribution in [0.25, 0.3) is 0 Å². The summed E-state index contributed by atoms with van der Waals surface area (Å²) in [4.78, 5) is 12.4. The number of rotatable bonds is 2. The first-order valence-corrected chi connectivity index (χ1v) is 7.52. The molecule has 114 valence electrons. The number of benzene rings is 1. The molecule has 0 saturated carbocycles. The van der Waals surface area contributed by atoms with Crippen molar-refractivity contribution in [1.82, 2.24) is 15.1 Å². The van der Waals surface area contributed by atoms with Crippen LogP contribution in [0.15, 0.2) is 24.3 Å². The second kappa shape index (κ2) is 5.12. The summed E-state index contributed by atoms with van der Waals surface area (Å²) in [7, 11) is 0. The number of nitrogens with zero attached hydrogens (tertiary/aromatic N) is 2. The van der Waals surface area contributed by atoms with Gasteiger partial charge in [0, 0.05) is 0 Å². The molecule has 1 aliphatic heterocycles. The zero-order valence-corrected chi connectivity index (χ0v) is 12.0. The maximum atomic E-state index is 14.2. The second-order valence-electron chi connectivity index (χ2n) is 5.66. The van der Waals surface area contributed by atoms with Crippen LogP contribution < -0.4 is 10.1 Å².